The zero-order valence-corrected chi connectivity index (χ0v) is 17.8. The summed E-state index contributed by atoms with van der Waals surface area (Å²) in [6.45, 7) is 4.35. The fourth-order valence-electron chi connectivity index (χ4n) is 3.51. The first kappa shape index (κ1) is 21.5. The van der Waals surface area contributed by atoms with Crippen molar-refractivity contribution in [2.45, 2.75) is 6.42 Å². The number of nitrogens with one attached hydrogen (secondary N) is 2. The highest BCUT2D eigenvalue weighted by Crippen LogP contribution is 2.20. The van der Waals surface area contributed by atoms with Crippen LogP contribution in [0.25, 0.3) is 0 Å². The molecule has 1 saturated heterocycles. The van der Waals surface area contributed by atoms with Crippen LogP contribution >= 0.6 is 0 Å². The van der Waals surface area contributed by atoms with Crippen molar-refractivity contribution in [3.8, 4) is 5.75 Å². The average Bonchev–Trinajstić information content (AvgIpc) is 2.81. The molecule has 0 radical (unpaired) electrons. The van der Waals surface area contributed by atoms with Gasteiger partial charge in [0.05, 0.1) is 13.7 Å². The minimum absolute atomic E-state index is 0.0241. The number of benzene rings is 2. The van der Waals surface area contributed by atoms with E-state index in [0.717, 1.165) is 44.3 Å². The number of hydrogen-bond acceptors (Lipinski definition) is 4. The second kappa shape index (κ2) is 11.1. The fraction of sp³-hybridized carbons (Fsp3) is 0.391. The Labute approximate surface area is 178 Å². The van der Waals surface area contributed by atoms with Crippen molar-refractivity contribution >= 4 is 17.6 Å². The van der Waals surface area contributed by atoms with Gasteiger partial charge in [-0.25, -0.2) is 0 Å². The molecule has 160 valence electrons. The van der Waals surface area contributed by atoms with Gasteiger partial charge in [0.1, 0.15) is 5.75 Å². The van der Waals surface area contributed by atoms with E-state index in [1.54, 1.807) is 14.2 Å². The van der Waals surface area contributed by atoms with Gasteiger partial charge in [-0.15, -0.1) is 0 Å². The number of carbonyl (C=O) groups excluding carboxylic acids is 1. The molecule has 0 spiro atoms. The first-order valence-electron chi connectivity index (χ1n) is 10.3. The number of nitrogens with zero attached hydrogens (tertiary/aromatic N) is 3. The molecule has 0 aliphatic carbocycles. The Kier molecular flexibility index (Phi) is 7.94. The molecule has 7 heteroatoms. The molecule has 1 aliphatic rings. The van der Waals surface area contributed by atoms with E-state index < -0.39 is 0 Å². The summed E-state index contributed by atoms with van der Waals surface area (Å²) >= 11 is 0. The summed E-state index contributed by atoms with van der Waals surface area (Å²) in [6.07, 6.45) is 0.828. The second-order valence-electron chi connectivity index (χ2n) is 7.16. The van der Waals surface area contributed by atoms with Crippen molar-refractivity contribution in [2.24, 2.45) is 4.99 Å². The number of ether oxygens (including phenoxy) is 1. The number of carbonyl (C=O) groups is 1. The second-order valence-corrected chi connectivity index (χ2v) is 7.16. The van der Waals surface area contributed by atoms with E-state index in [1.165, 1.54) is 11.3 Å². The summed E-state index contributed by atoms with van der Waals surface area (Å²) in [4.78, 5) is 21.0. The summed E-state index contributed by atoms with van der Waals surface area (Å²) < 4.78 is 5.23. The van der Waals surface area contributed by atoms with Crippen LogP contribution < -0.4 is 20.3 Å². The molecule has 7 nitrogen and oxygen atoms in total. The van der Waals surface area contributed by atoms with Gasteiger partial charge in [0.25, 0.3) is 0 Å². The molecule has 0 saturated carbocycles. The van der Waals surface area contributed by atoms with Crippen LogP contribution in [0.1, 0.15) is 5.56 Å². The van der Waals surface area contributed by atoms with E-state index in [4.69, 9.17) is 4.74 Å². The van der Waals surface area contributed by atoms with Gasteiger partial charge >= 0.3 is 0 Å². The van der Waals surface area contributed by atoms with Gasteiger partial charge in [0.15, 0.2) is 5.96 Å². The maximum Gasteiger partial charge on any atom is 0.239 e. The van der Waals surface area contributed by atoms with Crippen molar-refractivity contribution in [2.75, 3.05) is 58.3 Å². The van der Waals surface area contributed by atoms with Gasteiger partial charge in [0, 0.05) is 45.5 Å². The highest BCUT2D eigenvalue weighted by atomic mass is 16.5. The van der Waals surface area contributed by atoms with E-state index in [-0.39, 0.29) is 12.5 Å². The molecule has 1 heterocycles. The van der Waals surface area contributed by atoms with Crippen LogP contribution in [0.5, 0.6) is 5.75 Å². The van der Waals surface area contributed by atoms with E-state index in [0.29, 0.717) is 6.54 Å². The highest BCUT2D eigenvalue weighted by molar-refractivity contribution is 5.86. The molecule has 0 atom stereocenters. The SMILES string of the molecule is CN=C(NCC(=O)NCCc1ccccc1)N1CCN(c2ccc(OC)cc2)CC1. The molecule has 0 unspecified atom stereocenters. The lowest BCUT2D eigenvalue weighted by atomic mass is 10.1. The third-order valence-corrected chi connectivity index (χ3v) is 5.21. The average molecular weight is 410 g/mol. The van der Waals surface area contributed by atoms with Crippen LogP contribution in [0.3, 0.4) is 0 Å². The van der Waals surface area contributed by atoms with Gasteiger partial charge in [-0.2, -0.15) is 0 Å². The number of anilines is 1. The van der Waals surface area contributed by atoms with Gasteiger partial charge in [0.2, 0.25) is 5.91 Å². The molecule has 1 amide bonds. The molecular weight excluding hydrogens is 378 g/mol. The molecule has 2 aromatic rings. The van der Waals surface area contributed by atoms with E-state index >= 15 is 0 Å². The Hall–Kier alpha value is -3.22. The molecule has 0 bridgehead atoms. The first-order chi connectivity index (χ1) is 14.7. The van der Waals surface area contributed by atoms with Crippen LogP contribution in [-0.4, -0.2) is 70.2 Å². The largest absolute Gasteiger partial charge is 0.497 e. The van der Waals surface area contributed by atoms with Gasteiger partial charge in [-0.1, -0.05) is 30.3 Å². The Morgan fingerprint density at radius 1 is 1.00 bits per heavy atom. The summed E-state index contributed by atoms with van der Waals surface area (Å²) in [6, 6.07) is 18.3. The van der Waals surface area contributed by atoms with Crippen LogP contribution in [0, 0.1) is 0 Å². The number of guanidine groups is 1. The molecule has 2 aromatic carbocycles. The van der Waals surface area contributed by atoms with Crippen LogP contribution in [0.4, 0.5) is 5.69 Å². The molecule has 2 N–H and O–H groups in total. The van der Waals surface area contributed by atoms with Crippen molar-refractivity contribution in [3.05, 3.63) is 60.2 Å². The Bertz CT molecular complexity index is 815. The van der Waals surface area contributed by atoms with Crippen molar-refractivity contribution in [1.29, 1.82) is 0 Å². The normalized spacial score (nSPS) is 14.4. The zero-order chi connectivity index (χ0) is 21.2. The third kappa shape index (κ3) is 6.14. The smallest absolute Gasteiger partial charge is 0.239 e. The lowest BCUT2D eigenvalue weighted by Crippen LogP contribution is -2.53. The lowest BCUT2D eigenvalue weighted by Gasteiger charge is -2.37. The molecule has 3 rings (SSSR count). The van der Waals surface area contributed by atoms with Gasteiger partial charge in [-0.05, 0) is 36.2 Å². The summed E-state index contributed by atoms with van der Waals surface area (Å²) in [5.74, 6) is 1.61. The topological polar surface area (TPSA) is 69.2 Å². The number of piperazine rings is 1. The minimum Gasteiger partial charge on any atom is -0.497 e. The van der Waals surface area contributed by atoms with Crippen molar-refractivity contribution in [3.63, 3.8) is 0 Å². The molecular formula is C23H31N5O2. The predicted octanol–water partition coefficient (Wildman–Crippen LogP) is 1.75. The van der Waals surface area contributed by atoms with Gasteiger partial charge < -0.3 is 25.2 Å². The predicted molar refractivity (Wildman–Crippen MR) is 121 cm³/mol. The fourth-order valence-corrected chi connectivity index (χ4v) is 3.51. The Morgan fingerprint density at radius 2 is 1.70 bits per heavy atom. The Balaban J connectivity index is 1.39. The number of methoxy groups -OCH3 is 1. The van der Waals surface area contributed by atoms with E-state index in [2.05, 4.69) is 49.7 Å². The molecule has 30 heavy (non-hydrogen) atoms. The summed E-state index contributed by atoms with van der Waals surface area (Å²) in [5, 5.41) is 6.14. The summed E-state index contributed by atoms with van der Waals surface area (Å²) in [5.41, 5.74) is 2.41. The Morgan fingerprint density at radius 3 is 2.33 bits per heavy atom. The summed E-state index contributed by atoms with van der Waals surface area (Å²) in [7, 11) is 3.43. The van der Waals surface area contributed by atoms with Crippen LogP contribution in [0.2, 0.25) is 0 Å². The van der Waals surface area contributed by atoms with Crippen LogP contribution in [0.15, 0.2) is 59.6 Å². The third-order valence-electron chi connectivity index (χ3n) is 5.21. The molecule has 1 fully saturated rings. The van der Waals surface area contributed by atoms with Crippen molar-refractivity contribution in [1.82, 2.24) is 15.5 Å². The van der Waals surface area contributed by atoms with E-state index in [1.807, 2.05) is 30.3 Å². The lowest BCUT2D eigenvalue weighted by molar-refractivity contribution is -0.120. The minimum atomic E-state index is -0.0241. The van der Waals surface area contributed by atoms with E-state index in [9.17, 15) is 4.79 Å². The standard InChI is InChI=1S/C23H31N5O2/c1-24-23(26-18-22(29)25-13-12-19-6-4-3-5-7-19)28-16-14-27(15-17-28)20-8-10-21(30-2)11-9-20/h3-11H,12-18H2,1-2H3,(H,24,26)(H,25,29). The highest BCUT2D eigenvalue weighted by Gasteiger charge is 2.20. The molecule has 0 aromatic heterocycles. The number of hydrogen-bond donors (Lipinski definition) is 2. The number of aliphatic imine (C=N–C) groups is 1. The maximum absolute atomic E-state index is 12.2. The number of rotatable bonds is 7. The quantitative estimate of drug-likeness (QED) is 0.539. The van der Waals surface area contributed by atoms with Crippen molar-refractivity contribution < 1.29 is 9.53 Å². The molecule has 1 aliphatic heterocycles. The monoisotopic (exact) mass is 409 g/mol. The number of amides is 1. The first-order valence-corrected chi connectivity index (χ1v) is 10.3. The zero-order valence-electron chi connectivity index (χ0n) is 17.8. The van der Waals surface area contributed by atoms with Gasteiger partial charge in [-0.3, -0.25) is 9.79 Å². The van der Waals surface area contributed by atoms with Crippen LogP contribution in [-0.2, 0) is 11.2 Å². The maximum atomic E-state index is 12.2.